The van der Waals surface area contributed by atoms with Crippen molar-refractivity contribution in [2.24, 2.45) is 17.3 Å². The normalized spacial score (nSPS) is 25.6. The summed E-state index contributed by atoms with van der Waals surface area (Å²) in [6.07, 6.45) is 4.29. The van der Waals surface area contributed by atoms with E-state index in [-0.39, 0.29) is 24.5 Å². The summed E-state index contributed by atoms with van der Waals surface area (Å²) in [5, 5.41) is 8.56. The van der Waals surface area contributed by atoms with Crippen molar-refractivity contribution < 1.29 is 14.7 Å². The molecule has 0 unspecified atom stereocenters. The van der Waals surface area contributed by atoms with Gasteiger partial charge in [0.2, 0.25) is 0 Å². The second kappa shape index (κ2) is 5.65. The van der Waals surface area contributed by atoms with Gasteiger partial charge in [-0.05, 0) is 37.0 Å². The van der Waals surface area contributed by atoms with Crippen molar-refractivity contribution in [1.29, 1.82) is 0 Å². The van der Waals surface area contributed by atoms with E-state index in [9.17, 15) is 9.59 Å². The number of Topliss-reactive ketones (excluding diaryl/α,β-unsaturated/α-hetero) is 1. The van der Waals surface area contributed by atoms with Crippen LogP contribution in [0.15, 0.2) is 0 Å². The highest BCUT2D eigenvalue weighted by Crippen LogP contribution is 2.40. The predicted octanol–water partition coefficient (Wildman–Crippen LogP) is 3.27. The smallest absolute Gasteiger partial charge is 0.303 e. The van der Waals surface area contributed by atoms with Crippen LogP contribution in [-0.4, -0.2) is 16.9 Å². The quantitative estimate of drug-likeness (QED) is 0.820. The van der Waals surface area contributed by atoms with Gasteiger partial charge in [0.25, 0.3) is 0 Å². The van der Waals surface area contributed by atoms with Crippen LogP contribution < -0.4 is 0 Å². The molecule has 0 radical (unpaired) electrons. The van der Waals surface area contributed by atoms with Gasteiger partial charge in [0.1, 0.15) is 5.78 Å². The van der Waals surface area contributed by atoms with Crippen LogP contribution in [0.4, 0.5) is 0 Å². The van der Waals surface area contributed by atoms with Crippen molar-refractivity contribution in [1.82, 2.24) is 0 Å². The van der Waals surface area contributed by atoms with E-state index in [1.165, 1.54) is 0 Å². The summed E-state index contributed by atoms with van der Waals surface area (Å²) >= 11 is 0. The van der Waals surface area contributed by atoms with E-state index in [0.29, 0.717) is 11.3 Å². The molecular formula is C14H24O3. The lowest BCUT2D eigenvalue weighted by molar-refractivity contribution is -0.139. The van der Waals surface area contributed by atoms with Crippen molar-refractivity contribution in [2.45, 2.75) is 59.3 Å². The highest BCUT2D eigenvalue weighted by atomic mass is 16.4. The molecule has 1 aliphatic carbocycles. The van der Waals surface area contributed by atoms with Gasteiger partial charge in [-0.25, -0.2) is 0 Å². The Hall–Kier alpha value is -0.860. The SMILES string of the molecule is CC(C)(C)C1CCC(C(=O)CCC(=O)O)CC1. The Balaban J connectivity index is 2.36. The van der Waals surface area contributed by atoms with Gasteiger partial charge < -0.3 is 5.11 Å². The van der Waals surface area contributed by atoms with Crippen molar-refractivity contribution >= 4 is 11.8 Å². The molecule has 0 amide bonds. The van der Waals surface area contributed by atoms with E-state index in [4.69, 9.17) is 5.11 Å². The Bertz CT molecular complexity index is 280. The summed E-state index contributed by atoms with van der Waals surface area (Å²) in [6, 6.07) is 0. The molecule has 1 fully saturated rings. The van der Waals surface area contributed by atoms with Crippen molar-refractivity contribution in [3.05, 3.63) is 0 Å². The zero-order valence-electron chi connectivity index (χ0n) is 11.2. The number of rotatable bonds is 4. The van der Waals surface area contributed by atoms with E-state index in [2.05, 4.69) is 20.8 Å². The van der Waals surface area contributed by atoms with Crippen LogP contribution in [-0.2, 0) is 9.59 Å². The molecule has 0 heterocycles. The minimum atomic E-state index is -0.873. The van der Waals surface area contributed by atoms with E-state index >= 15 is 0 Å². The molecule has 0 aromatic heterocycles. The fourth-order valence-corrected chi connectivity index (χ4v) is 2.72. The Morgan fingerprint density at radius 2 is 1.59 bits per heavy atom. The molecule has 0 aromatic carbocycles. The van der Waals surface area contributed by atoms with Gasteiger partial charge in [-0.3, -0.25) is 9.59 Å². The first kappa shape index (κ1) is 14.2. The van der Waals surface area contributed by atoms with Gasteiger partial charge in [-0.15, -0.1) is 0 Å². The second-order valence-corrected chi connectivity index (χ2v) is 6.27. The summed E-state index contributed by atoms with van der Waals surface area (Å²) in [5.74, 6) is 0.0976. The number of carbonyl (C=O) groups excluding carboxylic acids is 1. The number of ketones is 1. The molecule has 0 bridgehead atoms. The van der Waals surface area contributed by atoms with Crippen LogP contribution in [0, 0.1) is 17.3 Å². The van der Waals surface area contributed by atoms with Gasteiger partial charge in [0, 0.05) is 12.3 Å². The minimum Gasteiger partial charge on any atom is -0.481 e. The van der Waals surface area contributed by atoms with Gasteiger partial charge in [0.15, 0.2) is 0 Å². The van der Waals surface area contributed by atoms with E-state index < -0.39 is 5.97 Å². The summed E-state index contributed by atoms with van der Waals surface area (Å²) in [7, 11) is 0. The Labute approximate surface area is 104 Å². The van der Waals surface area contributed by atoms with Gasteiger partial charge in [-0.2, -0.15) is 0 Å². The maximum Gasteiger partial charge on any atom is 0.303 e. The van der Waals surface area contributed by atoms with Gasteiger partial charge in [-0.1, -0.05) is 20.8 Å². The Morgan fingerprint density at radius 3 is 2.00 bits per heavy atom. The highest BCUT2D eigenvalue weighted by Gasteiger charge is 2.32. The molecule has 17 heavy (non-hydrogen) atoms. The van der Waals surface area contributed by atoms with Crippen LogP contribution in [0.25, 0.3) is 0 Å². The van der Waals surface area contributed by atoms with Crippen LogP contribution in [0.5, 0.6) is 0 Å². The van der Waals surface area contributed by atoms with Crippen LogP contribution in [0.3, 0.4) is 0 Å². The zero-order chi connectivity index (χ0) is 13.1. The standard InChI is InChI=1S/C14H24O3/c1-14(2,3)11-6-4-10(5-7-11)12(15)8-9-13(16)17/h10-11H,4-9H2,1-3H3,(H,16,17). The van der Waals surface area contributed by atoms with E-state index in [1.54, 1.807) is 0 Å². The summed E-state index contributed by atoms with van der Waals surface area (Å²) < 4.78 is 0. The van der Waals surface area contributed by atoms with Crippen molar-refractivity contribution in [3.8, 4) is 0 Å². The Morgan fingerprint density at radius 1 is 1.06 bits per heavy atom. The Kier molecular flexibility index (Phi) is 4.72. The zero-order valence-corrected chi connectivity index (χ0v) is 11.2. The maximum absolute atomic E-state index is 11.8. The third kappa shape index (κ3) is 4.49. The van der Waals surface area contributed by atoms with E-state index in [1.807, 2.05) is 0 Å². The molecule has 1 saturated carbocycles. The summed E-state index contributed by atoms with van der Waals surface area (Å²) in [6.45, 7) is 6.76. The topological polar surface area (TPSA) is 54.4 Å². The largest absolute Gasteiger partial charge is 0.481 e. The fraction of sp³-hybridized carbons (Fsp3) is 0.857. The molecule has 98 valence electrons. The number of carboxylic acid groups (broad SMARTS) is 1. The minimum absolute atomic E-state index is 0.0158. The van der Waals surface area contributed by atoms with Gasteiger partial charge >= 0.3 is 5.97 Å². The lowest BCUT2D eigenvalue weighted by Crippen LogP contribution is -2.29. The summed E-state index contributed by atoms with van der Waals surface area (Å²) in [4.78, 5) is 22.2. The first-order valence-corrected chi connectivity index (χ1v) is 6.55. The summed E-state index contributed by atoms with van der Waals surface area (Å²) in [5.41, 5.74) is 0.328. The molecule has 0 aromatic rings. The van der Waals surface area contributed by atoms with Gasteiger partial charge in [0.05, 0.1) is 6.42 Å². The number of carbonyl (C=O) groups is 2. The highest BCUT2D eigenvalue weighted by molar-refractivity contribution is 5.84. The lowest BCUT2D eigenvalue weighted by atomic mass is 9.69. The second-order valence-electron chi connectivity index (χ2n) is 6.27. The molecule has 0 aliphatic heterocycles. The average molecular weight is 240 g/mol. The maximum atomic E-state index is 11.8. The molecule has 0 spiro atoms. The van der Waals surface area contributed by atoms with Crippen LogP contribution in [0.2, 0.25) is 0 Å². The molecule has 1 aliphatic rings. The number of aliphatic carboxylic acids is 1. The molecule has 3 heteroatoms. The van der Waals surface area contributed by atoms with E-state index in [0.717, 1.165) is 25.7 Å². The lowest BCUT2D eigenvalue weighted by Gasteiger charge is -2.36. The molecule has 0 atom stereocenters. The fourth-order valence-electron chi connectivity index (χ4n) is 2.72. The third-order valence-electron chi connectivity index (χ3n) is 3.99. The number of hydrogen-bond acceptors (Lipinski definition) is 2. The predicted molar refractivity (Wildman–Crippen MR) is 66.8 cm³/mol. The first-order valence-electron chi connectivity index (χ1n) is 6.55. The van der Waals surface area contributed by atoms with Crippen LogP contribution >= 0.6 is 0 Å². The number of carboxylic acids is 1. The monoisotopic (exact) mass is 240 g/mol. The van der Waals surface area contributed by atoms with Crippen molar-refractivity contribution in [2.75, 3.05) is 0 Å². The molecule has 1 N–H and O–H groups in total. The average Bonchev–Trinajstić information content (AvgIpc) is 2.25. The van der Waals surface area contributed by atoms with Crippen LogP contribution in [0.1, 0.15) is 59.3 Å². The van der Waals surface area contributed by atoms with Crippen molar-refractivity contribution in [3.63, 3.8) is 0 Å². The molecule has 3 nitrogen and oxygen atoms in total. The first-order chi connectivity index (χ1) is 7.80. The molecule has 0 saturated heterocycles. The molecule has 1 rings (SSSR count). The third-order valence-corrected chi connectivity index (χ3v) is 3.99. The number of hydrogen-bond donors (Lipinski definition) is 1. The molecular weight excluding hydrogens is 216 g/mol.